The van der Waals surface area contributed by atoms with Crippen molar-refractivity contribution >= 4 is 34.4 Å². The monoisotopic (exact) mass is 359 g/mol. The number of carbonyl (C=O) groups excluding carboxylic acids is 2. The second-order valence-electron chi connectivity index (χ2n) is 6.01. The van der Waals surface area contributed by atoms with E-state index in [4.69, 9.17) is 0 Å². The van der Waals surface area contributed by atoms with Crippen LogP contribution in [0.5, 0.6) is 0 Å². The molecule has 5 unspecified atom stereocenters. The highest BCUT2D eigenvalue weighted by atomic mass is 127. The molecule has 0 aromatic heterocycles. The fourth-order valence-electron chi connectivity index (χ4n) is 3.80. The topological polar surface area (TPSA) is 37.4 Å². The lowest BCUT2D eigenvalue weighted by atomic mass is 9.85. The summed E-state index contributed by atoms with van der Waals surface area (Å²) in [4.78, 5) is 26.7. The van der Waals surface area contributed by atoms with Crippen LogP contribution < -0.4 is 0 Å². The molecule has 3 rings (SSSR count). The predicted molar refractivity (Wildman–Crippen MR) is 77.1 cm³/mol. The van der Waals surface area contributed by atoms with Gasteiger partial charge in [0.1, 0.15) is 0 Å². The van der Waals surface area contributed by atoms with Gasteiger partial charge in [-0.2, -0.15) is 0 Å². The van der Waals surface area contributed by atoms with Gasteiger partial charge in [-0.1, -0.05) is 48.6 Å². The van der Waals surface area contributed by atoms with E-state index in [-0.39, 0.29) is 29.7 Å². The lowest BCUT2D eigenvalue weighted by molar-refractivity contribution is -0.143. The van der Waals surface area contributed by atoms with Gasteiger partial charge in [-0.3, -0.25) is 14.5 Å². The summed E-state index contributed by atoms with van der Waals surface area (Å²) in [6.07, 6.45) is 5.31. The van der Waals surface area contributed by atoms with Crippen molar-refractivity contribution in [2.24, 2.45) is 29.6 Å². The van der Waals surface area contributed by atoms with Crippen LogP contribution in [-0.2, 0) is 9.59 Å². The van der Waals surface area contributed by atoms with E-state index in [1.54, 1.807) is 4.90 Å². The molecule has 0 spiro atoms. The molecular weight excluding hydrogens is 341 g/mol. The minimum Gasteiger partial charge on any atom is -0.278 e. The van der Waals surface area contributed by atoms with Crippen molar-refractivity contribution in [3.05, 3.63) is 12.2 Å². The maximum atomic E-state index is 12.6. The molecule has 2 bridgehead atoms. The molecule has 0 aromatic carbocycles. The number of carbonyl (C=O) groups is 2. The Kier molecular flexibility index (Phi) is 3.03. The van der Waals surface area contributed by atoms with Crippen LogP contribution in [0.15, 0.2) is 12.2 Å². The van der Waals surface area contributed by atoms with Crippen molar-refractivity contribution < 1.29 is 9.59 Å². The summed E-state index contributed by atoms with van der Waals surface area (Å²) in [6.45, 7) is 4.18. The molecular formula is C14H18INO2. The van der Waals surface area contributed by atoms with E-state index in [0.29, 0.717) is 17.8 Å². The Morgan fingerprint density at radius 3 is 2.11 bits per heavy atom. The number of likely N-dealkylation sites (tertiary alicyclic amines) is 1. The van der Waals surface area contributed by atoms with Crippen LogP contribution in [0.25, 0.3) is 0 Å². The van der Waals surface area contributed by atoms with Gasteiger partial charge in [0, 0.05) is 4.43 Å². The summed E-state index contributed by atoms with van der Waals surface area (Å²) in [5.41, 5.74) is 0. The summed E-state index contributed by atoms with van der Waals surface area (Å²) >= 11 is 2.28. The SMILES string of the molecule is CC(C)C(CI)N1C(=O)C2C3C=CC(C3)C2C1=O. The maximum Gasteiger partial charge on any atom is 0.234 e. The third-order valence-electron chi connectivity index (χ3n) is 4.76. The lowest BCUT2D eigenvalue weighted by Gasteiger charge is -2.29. The molecule has 1 saturated heterocycles. The summed E-state index contributed by atoms with van der Waals surface area (Å²) in [7, 11) is 0. The second kappa shape index (κ2) is 4.32. The molecule has 2 aliphatic carbocycles. The van der Waals surface area contributed by atoms with E-state index in [9.17, 15) is 9.59 Å². The van der Waals surface area contributed by atoms with Crippen molar-refractivity contribution in [1.82, 2.24) is 4.90 Å². The van der Waals surface area contributed by atoms with Gasteiger partial charge in [-0.25, -0.2) is 0 Å². The van der Waals surface area contributed by atoms with Crippen molar-refractivity contribution in [2.45, 2.75) is 26.3 Å². The first kappa shape index (κ1) is 12.6. The third-order valence-corrected chi connectivity index (χ3v) is 5.67. The summed E-state index contributed by atoms with van der Waals surface area (Å²) in [5.74, 6) is 1.08. The minimum atomic E-state index is -0.0447. The number of hydrogen-bond acceptors (Lipinski definition) is 2. The molecule has 5 atom stereocenters. The van der Waals surface area contributed by atoms with Crippen molar-refractivity contribution in [3.8, 4) is 0 Å². The zero-order valence-corrected chi connectivity index (χ0v) is 12.8. The van der Waals surface area contributed by atoms with Gasteiger partial charge >= 0.3 is 0 Å². The number of halogens is 1. The van der Waals surface area contributed by atoms with Crippen LogP contribution in [0, 0.1) is 29.6 Å². The number of rotatable bonds is 3. The molecule has 1 saturated carbocycles. The molecule has 0 radical (unpaired) electrons. The Balaban J connectivity index is 1.92. The lowest BCUT2D eigenvalue weighted by Crippen LogP contribution is -2.45. The molecule has 2 amide bonds. The van der Waals surface area contributed by atoms with Crippen LogP contribution in [-0.4, -0.2) is 27.2 Å². The highest BCUT2D eigenvalue weighted by molar-refractivity contribution is 14.1. The number of imide groups is 1. The van der Waals surface area contributed by atoms with Crippen LogP contribution in [0.3, 0.4) is 0 Å². The standard InChI is InChI=1S/C14H18INO2/c1-7(2)10(6-15)16-13(17)11-8-3-4-9(5-8)12(11)14(16)18/h3-4,7-12H,5-6H2,1-2H3. The number of fused-ring (bicyclic) bond motifs is 5. The first-order chi connectivity index (χ1) is 8.56. The van der Waals surface area contributed by atoms with Gasteiger partial charge in [-0.05, 0) is 24.2 Å². The minimum absolute atomic E-state index is 0.0447. The Hall–Kier alpha value is -0.390. The Morgan fingerprint density at radius 1 is 1.22 bits per heavy atom. The first-order valence-corrected chi connectivity index (χ1v) is 8.20. The van der Waals surface area contributed by atoms with E-state index in [0.717, 1.165) is 10.8 Å². The molecule has 4 heteroatoms. The Labute approximate surface area is 121 Å². The average Bonchev–Trinajstić information content (AvgIpc) is 2.98. The molecule has 2 fully saturated rings. The number of hydrogen-bond donors (Lipinski definition) is 0. The van der Waals surface area contributed by atoms with Crippen LogP contribution in [0.1, 0.15) is 20.3 Å². The fourth-order valence-corrected chi connectivity index (χ4v) is 5.21. The van der Waals surface area contributed by atoms with Crippen molar-refractivity contribution in [2.75, 3.05) is 4.43 Å². The van der Waals surface area contributed by atoms with Crippen LogP contribution in [0.4, 0.5) is 0 Å². The fraction of sp³-hybridized carbons (Fsp3) is 0.714. The summed E-state index contributed by atoms with van der Waals surface area (Å²) < 4.78 is 0.828. The molecule has 1 aliphatic heterocycles. The summed E-state index contributed by atoms with van der Waals surface area (Å²) in [6, 6.07) is 0.0654. The zero-order valence-electron chi connectivity index (χ0n) is 10.7. The van der Waals surface area contributed by atoms with Gasteiger partial charge in [0.15, 0.2) is 0 Å². The highest BCUT2D eigenvalue weighted by Crippen LogP contribution is 2.53. The van der Waals surface area contributed by atoms with Gasteiger partial charge in [0.05, 0.1) is 17.9 Å². The average molecular weight is 359 g/mol. The van der Waals surface area contributed by atoms with Crippen LogP contribution >= 0.6 is 22.6 Å². The smallest absolute Gasteiger partial charge is 0.234 e. The summed E-state index contributed by atoms with van der Waals surface area (Å²) in [5, 5.41) is 0. The van der Waals surface area contributed by atoms with Gasteiger partial charge in [0.25, 0.3) is 0 Å². The van der Waals surface area contributed by atoms with Crippen LogP contribution in [0.2, 0.25) is 0 Å². The molecule has 98 valence electrons. The second-order valence-corrected chi connectivity index (χ2v) is 6.89. The van der Waals surface area contributed by atoms with Crippen molar-refractivity contribution in [3.63, 3.8) is 0 Å². The van der Waals surface area contributed by atoms with E-state index >= 15 is 0 Å². The molecule has 3 nitrogen and oxygen atoms in total. The third kappa shape index (κ3) is 1.53. The number of alkyl halides is 1. The molecule has 3 aliphatic rings. The molecule has 1 heterocycles. The Morgan fingerprint density at radius 2 is 1.72 bits per heavy atom. The number of amides is 2. The Bertz CT molecular complexity index is 402. The quantitative estimate of drug-likeness (QED) is 0.336. The van der Waals surface area contributed by atoms with Gasteiger partial charge in [0.2, 0.25) is 11.8 Å². The molecule has 0 aromatic rings. The van der Waals surface area contributed by atoms with E-state index in [1.807, 2.05) is 0 Å². The van der Waals surface area contributed by atoms with Gasteiger partial charge in [-0.15, -0.1) is 0 Å². The largest absolute Gasteiger partial charge is 0.278 e. The van der Waals surface area contributed by atoms with Crippen molar-refractivity contribution in [1.29, 1.82) is 0 Å². The zero-order chi connectivity index (χ0) is 13.0. The maximum absolute atomic E-state index is 12.6. The molecule has 0 N–H and O–H groups in total. The number of allylic oxidation sites excluding steroid dienone is 2. The van der Waals surface area contributed by atoms with E-state index < -0.39 is 0 Å². The predicted octanol–water partition coefficient (Wildman–Crippen LogP) is 2.25. The first-order valence-electron chi connectivity index (χ1n) is 6.67. The number of nitrogens with zero attached hydrogens (tertiary/aromatic N) is 1. The normalized spacial score (nSPS) is 39.0. The van der Waals surface area contributed by atoms with Gasteiger partial charge < -0.3 is 0 Å². The molecule has 18 heavy (non-hydrogen) atoms. The van der Waals surface area contributed by atoms with E-state index in [1.165, 1.54) is 0 Å². The highest BCUT2D eigenvalue weighted by Gasteiger charge is 2.60. The van der Waals surface area contributed by atoms with E-state index in [2.05, 4.69) is 48.6 Å².